The Hall–Kier alpha value is -2.36. The van der Waals surface area contributed by atoms with E-state index in [0.29, 0.717) is 11.4 Å². The molecule has 0 spiro atoms. The lowest BCUT2D eigenvalue weighted by molar-refractivity contribution is 0.629. The molecule has 0 amide bonds. The molecule has 3 nitrogen and oxygen atoms in total. The molecule has 0 atom stereocenters. The fourth-order valence-electron chi connectivity index (χ4n) is 2.20. The highest BCUT2D eigenvalue weighted by atomic mass is 19.1. The molecule has 0 bridgehead atoms. The van der Waals surface area contributed by atoms with Crippen LogP contribution in [0.3, 0.4) is 0 Å². The molecule has 0 saturated carbocycles. The summed E-state index contributed by atoms with van der Waals surface area (Å²) in [5.41, 5.74) is 9.01. The molecule has 0 aliphatic rings. The first-order valence-electron chi connectivity index (χ1n) is 5.62. The van der Waals surface area contributed by atoms with Gasteiger partial charge in [0.1, 0.15) is 5.82 Å². The predicted molar refractivity (Wildman–Crippen MR) is 70.5 cm³/mol. The van der Waals surface area contributed by atoms with E-state index >= 15 is 0 Å². The Morgan fingerprint density at radius 3 is 2.89 bits per heavy atom. The van der Waals surface area contributed by atoms with E-state index in [9.17, 15) is 4.39 Å². The molecule has 3 rings (SSSR count). The molecular formula is C14H12FN3. The van der Waals surface area contributed by atoms with Crippen LogP contribution < -0.4 is 5.73 Å². The van der Waals surface area contributed by atoms with Crippen LogP contribution in [0.25, 0.3) is 22.2 Å². The number of nitrogen functional groups attached to an aromatic ring is 1. The number of nitrogens with two attached hydrogens (primary N) is 1. The maximum absolute atomic E-state index is 13.4. The lowest BCUT2D eigenvalue weighted by Gasteiger charge is -2.02. The number of pyridine rings is 1. The molecule has 90 valence electrons. The van der Waals surface area contributed by atoms with Crippen LogP contribution in [0.1, 0.15) is 0 Å². The van der Waals surface area contributed by atoms with Gasteiger partial charge >= 0.3 is 0 Å². The predicted octanol–water partition coefficient (Wildman–Crippen LogP) is 2.96. The van der Waals surface area contributed by atoms with E-state index in [-0.39, 0.29) is 5.82 Å². The molecule has 0 fully saturated rings. The van der Waals surface area contributed by atoms with Gasteiger partial charge in [-0.1, -0.05) is 0 Å². The average Bonchev–Trinajstić information content (AvgIpc) is 2.67. The molecule has 0 saturated heterocycles. The summed E-state index contributed by atoms with van der Waals surface area (Å²) in [6.07, 6.45) is 3.60. The fourth-order valence-corrected chi connectivity index (χ4v) is 2.20. The topological polar surface area (TPSA) is 43.8 Å². The van der Waals surface area contributed by atoms with Gasteiger partial charge in [-0.3, -0.25) is 4.98 Å². The van der Waals surface area contributed by atoms with E-state index < -0.39 is 0 Å². The van der Waals surface area contributed by atoms with Crippen LogP contribution in [0, 0.1) is 5.82 Å². The molecule has 2 aromatic heterocycles. The molecule has 0 aliphatic carbocycles. The van der Waals surface area contributed by atoms with Crippen LogP contribution in [0.4, 0.5) is 10.1 Å². The Kier molecular flexibility index (Phi) is 2.30. The van der Waals surface area contributed by atoms with E-state index in [1.165, 1.54) is 12.1 Å². The Labute approximate surface area is 104 Å². The fraction of sp³-hybridized carbons (Fsp3) is 0.0714. The Morgan fingerprint density at radius 1 is 1.28 bits per heavy atom. The highest BCUT2D eigenvalue weighted by molar-refractivity contribution is 5.97. The number of hydrogen-bond acceptors (Lipinski definition) is 2. The summed E-state index contributed by atoms with van der Waals surface area (Å²) >= 11 is 0. The first-order valence-corrected chi connectivity index (χ1v) is 5.62. The molecule has 0 unspecified atom stereocenters. The minimum Gasteiger partial charge on any atom is -0.397 e. The van der Waals surface area contributed by atoms with E-state index in [2.05, 4.69) is 4.98 Å². The van der Waals surface area contributed by atoms with Crippen LogP contribution in [0.15, 0.2) is 42.7 Å². The third kappa shape index (κ3) is 1.54. The van der Waals surface area contributed by atoms with E-state index in [4.69, 9.17) is 5.73 Å². The van der Waals surface area contributed by atoms with Crippen molar-refractivity contribution in [1.82, 2.24) is 9.55 Å². The first-order chi connectivity index (χ1) is 8.66. The maximum atomic E-state index is 13.4. The standard InChI is InChI=1S/C14H12FN3/c1-18-8-11(14-12(16)3-2-6-17-14)10-7-9(15)4-5-13(10)18/h2-8H,16H2,1H3. The molecule has 0 radical (unpaired) electrons. The van der Waals surface area contributed by atoms with Crippen LogP contribution in [0.2, 0.25) is 0 Å². The number of nitrogens with zero attached hydrogens (tertiary/aromatic N) is 2. The van der Waals surface area contributed by atoms with Gasteiger partial charge in [0.25, 0.3) is 0 Å². The molecule has 1 aromatic carbocycles. The second-order valence-electron chi connectivity index (χ2n) is 4.26. The summed E-state index contributed by atoms with van der Waals surface area (Å²) in [5.74, 6) is -0.260. The van der Waals surface area contributed by atoms with E-state index in [1.807, 2.05) is 17.8 Å². The van der Waals surface area contributed by atoms with Crippen molar-refractivity contribution in [2.75, 3.05) is 5.73 Å². The number of benzene rings is 1. The lowest BCUT2D eigenvalue weighted by Crippen LogP contribution is -1.91. The van der Waals surface area contributed by atoms with Gasteiger partial charge in [0.05, 0.1) is 11.4 Å². The number of halogens is 1. The molecule has 18 heavy (non-hydrogen) atoms. The monoisotopic (exact) mass is 241 g/mol. The van der Waals surface area contributed by atoms with Crippen LogP contribution in [-0.4, -0.2) is 9.55 Å². The third-order valence-electron chi connectivity index (χ3n) is 3.05. The lowest BCUT2D eigenvalue weighted by atomic mass is 10.1. The van der Waals surface area contributed by atoms with Gasteiger partial charge in [-0.15, -0.1) is 0 Å². The summed E-state index contributed by atoms with van der Waals surface area (Å²) in [7, 11) is 1.92. The summed E-state index contributed by atoms with van der Waals surface area (Å²) in [6.45, 7) is 0. The first kappa shape index (κ1) is 10.8. The van der Waals surface area contributed by atoms with Gasteiger partial charge in [-0.25, -0.2) is 4.39 Å². The van der Waals surface area contributed by atoms with Crippen molar-refractivity contribution in [1.29, 1.82) is 0 Å². The number of hydrogen-bond donors (Lipinski definition) is 1. The molecule has 3 aromatic rings. The summed E-state index contributed by atoms with van der Waals surface area (Å²) in [6, 6.07) is 8.30. The quantitative estimate of drug-likeness (QED) is 0.711. The van der Waals surface area contributed by atoms with Crippen molar-refractivity contribution < 1.29 is 4.39 Å². The van der Waals surface area contributed by atoms with Crippen molar-refractivity contribution >= 4 is 16.6 Å². The van der Waals surface area contributed by atoms with Crippen LogP contribution >= 0.6 is 0 Å². The van der Waals surface area contributed by atoms with Crippen molar-refractivity contribution in [3.05, 3.63) is 48.5 Å². The smallest absolute Gasteiger partial charge is 0.123 e. The Morgan fingerprint density at radius 2 is 2.11 bits per heavy atom. The third-order valence-corrected chi connectivity index (χ3v) is 3.05. The SMILES string of the molecule is Cn1cc(-c2ncccc2N)c2cc(F)ccc21. The van der Waals surface area contributed by atoms with Gasteiger partial charge in [-0.2, -0.15) is 0 Å². The van der Waals surface area contributed by atoms with Gasteiger partial charge in [0.15, 0.2) is 0 Å². The summed E-state index contributed by atoms with van der Waals surface area (Å²) in [5, 5.41) is 0.822. The van der Waals surface area contributed by atoms with Crippen molar-refractivity contribution in [2.24, 2.45) is 7.05 Å². The van der Waals surface area contributed by atoms with Crippen molar-refractivity contribution in [3.63, 3.8) is 0 Å². The zero-order chi connectivity index (χ0) is 12.7. The Balaban J connectivity index is 2.36. The Bertz CT molecular complexity index is 731. The summed E-state index contributed by atoms with van der Waals surface area (Å²) in [4.78, 5) is 4.28. The highest BCUT2D eigenvalue weighted by Gasteiger charge is 2.12. The zero-order valence-electron chi connectivity index (χ0n) is 9.89. The van der Waals surface area contributed by atoms with Gasteiger partial charge in [-0.05, 0) is 30.3 Å². The molecule has 2 N–H and O–H groups in total. The number of rotatable bonds is 1. The second kappa shape index (κ2) is 3.84. The molecular weight excluding hydrogens is 229 g/mol. The molecule has 0 aliphatic heterocycles. The van der Waals surface area contributed by atoms with Gasteiger partial charge < -0.3 is 10.3 Å². The van der Waals surface area contributed by atoms with Crippen LogP contribution in [-0.2, 0) is 7.05 Å². The van der Waals surface area contributed by atoms with Crippen molar-refractivity contribution in [3.8, 4) is 11.3 Å². The average molecular weight is 241 g/mol. The summed E-state index contributed by atoms with van der Waals surface area (Å²) < 4.78 is 15.3. The molecule has 4 heteroatoms. The largest absolute Gasteiger partial charge is 0.397 e. The normalized spacial score (nSPS) is 11.0. The maximum Gasteiger partial charge on any atom is 0.123 e. The highest BCUT2D eigenvalue weighted by Crippen LogP contribution is 2.32. The number of aryl methyl sites for hydroxylation is 1. The van der Waals surface area contributed by atoms with E-state index in [0.717, 1.165) is 16.5 Å². The second-order valence-corrected chi connectivity index (χ2v) is 4.26. The molecule has 2 heterocycles. The number of fused-ring (bicyclic) bond motifs is 1. The zero-order valence-corrected chi connectivity index (χ0v) is 9.89. The minimum atomic E-state index is -0.260. The van der Waals surface area contributed by atoms with E-state index in [1.54, 1.807) is 24.4 Å². The number of anilines is 1. The van der Waals surface area contributed by atoms with Crippen molar-refractivity contribution in [2.45, 2.75) is 0 Å². The number of aromatic nitrogens is 2. The van der Waals surface area contributed by atoms with Gasteiger partial charge in [0, 0.05) is 35.9 Å². The van der Waals surface area contributed by atoms with Gasteiger partial charge in [0.2, 0.25) is 0 Å². The van der Waals surface area contributed by atoms with Crippen LogP contribution in [0.5, 0.6) is 0 Å². The minimum absolute atomic E-state index is 0.260.